The molecule has 0 N–H and O–H groups in total. The Balaban J connectivity index is 1.68. The first-order valence-corrected chi connectivity index (χ1v) is 8.65. The van der Waals surface area contributed by atoms with Crippen LogP contribution >= 0.6 is 0 Å². The van der Waals surface area contributed by atoms with Crippen LogP contribution in [0, 0.1) is 16.0 Å². The van der Waals surface area contributed by atoms with E-state index in [1.807, 2.05) is 18.0 Å². The van der Waals surface area contributed by atoms with E-state index in [1.54, 1.807) is 12.3 Å². The molecule has 0 unspecified atom stereocenters. The SMILES string of the molecule is C[C@@H]1CN(Cc2ccccc2)CC[C@H]1N(C)c1ncccc1[N+](=O)[O-]. The summed E-state index contributed by atoms with van der Waals surface area (Å²) >= 11 is 0. The third kappa shape index (κ3) is 3.96. The van der Waals surface area contributed by atoms with Crippen molar-refractivity contribution in [3.05, 3.63) is 64.3 Å². The van der Waals surface area contributed by atoms with Crippen LogP contribution in [0.25, 0.3) is 0 Å². The highest BCUT2D eigenvalue weighted by atomic mass is 16.6. The van der Waals surface area contributed by atoms with Gasteiger partial charge in [0, 0.05) is 45.0 Å². The van der Waals surface area contributed by atoms with Gasteiger partial charge in [-0.1, -0.05) is 37.3 Å². The standard InChI is InChI=1S/C19H24N4O2/c1-15-13-22(14-16-7-4-3-5-8-16)12-10-17(15)21(2)19-18(23(24)25)9-6-11-20-19/h3-9,11,15,17H,10,12-14H2,1-2H3/t15-,17-/m1/s1. The number of pyridine rings is 1. The van der Waals surface area contributed by atoms with Crippen LogP contribution in [0.4, 0.5) is 11.5 Å². The average Bonchev–Trinajstić information content (AvgIpc) is 2.62. The Bertz CT molecular complexity index is 722. The first kappa shape index (κ1) is 17.4. The number of nitrogens with zero attached hydrogens (tertiary/aromatic N) is 4. The average molecular weight is 340 g/mol. The molecule has 0 saturated carbocycles. The number of nitro groups is 1. The van der Waals surface area contributed by atoms with Crippen molar-refractivity contribution >= 4 is 11.5 Å². The molecule has 132 valence electrons. The monoisotopic (exact) mass is 340 g/mol. The normalized spacial score (nSPS) is 21.0. The second-order valence-electron chi connectivity index (χ2n) is 6.77. The van der Waals surface area contributed by atoms with Crippen LogP contribution in [0.3, 0.4) is 0 Å². The molecule has 1 fully saturated rings. The van der Waals surface area contributed by atoms with Crippen LogP contribution in [0.2, 0.25) is 0 Å². The molecular formula is C19H24N4O2. The first-order valence-electron chi connectivity index (χ1n) is 8.65. The summed E-state index contributed by atoms with van der Waals surface area (Å²) in [6, 6.07) is 13.9. The van der Waals surface area contributed by atoms with Gasteiger partial charge in [0.05, 0.1) is 4.92 Å². The molecule has 0 radical (unpaired) electrons. The van der Waals surface area contributed by atoms with Crippen molar-refractivity contribution in [2.75, 3.05) is 25.0 Å². The molecule has 3 rings (SSSR count). The highest BCUT2D eigenvalue weighted by Gasteiger charge is 2.32. The summed E-state index contributed by atoms with van der Waals surface area (Å²) in [6.45, 7) is 5.12. The van der Waals surface area contributed by atoms with Gasteiger partial charge in [0.25, 0.3) is 0 Å². The van der Waals surface area contributed by atoms with Gasteiger partial charge in [-0.05, 0) is 24.0 Å². The molecule has 0 amide bonds. The van der Waals surface area contributed by atoms with Gasteiger partial charge < -0.3 is 4.90 Å². The van der Waals surface area contributed by atoms with E-state index < -0.39 is 0 Å². The third-order valence-corrected chi connectivity index (χ3v) is 4.99. The van der Waals surface area contributed by atoms with Crippen LogP contribution < -0.4 is 4.90 Å². The van der Waals surface area contributed by atoms with Gasteiger partial charge in [-0.3, -0.25) is 15.0 Å². The largest absolute Gasteiger partial charge is 0.351 e. The van der Waals surface area contributed by atoms with Crippen LogP contribution in [0.15, 0.2) is 48.7 Å². The highest BCUT2D eigenvalue weighted by Crippen LogP contribution is 2.30. The zero-order chi connectivity index (χ0) is 17.8. The highest BCUT2D eigenvalue weighted by molar-refractivity contribution is 5.57. The molecule has 6 heteroatoms. The van der Waals surface area contributed by atoms with E-state index in [-0.39, 0.29) is 16.7 Å². The van der Waals surface area contributed by atoms with Gasteiger partial charge in [0.15, 0.2) is 0 Å². The molecule has 0 bridgehead atoms. The number of piperidine rings is 1. The fraction of sp³-hybridized carbons (Fsp3) is 0.421. The van der Waals surface area contributed by atoms with Crippen molar-refractivity contribution in [3.8, 4) is 0 Å². The zero-order valence-corrected chi connectivity index (χ0v) is 14.7. The Morgan fingerprint density at radius 3 is 2.72 bits per heavy atom. The zero-order valence-electron chi connectivity index (χ0n) is 14.7. The Labute approximate surface area is 148 Å². The molecule has 0 spiro atoms. The van der Waals surface area contributed by atoms with Crippen LogP contribution in [0.1, 0.15) is 18.9 Å². The van der Waals surface area contributed by atoms with Crippen molar-refractivity contribution in [2.24, 2.45) is 5.92 Å². The first-order chi connectivity index (χ1) is 12.1. The maximum absolute atomic E-state index is 11.3. The van der Waals surface area contributed by atoms with Crippen molar-refractivity contribution in [1.82, 2.24) is 9.88 Å². The minimum atomic E-state index is -0.353. The van der Waals surface area contributed by atoms with Crippen LogP contribution in [-0.4, -0.2) is 41.0 Å². The van der Waals surface area contributed by atoms with E-state index in [1.165, 1.54) is 11.6 Å². The molecule has 1 aromatic heterocycles. The van der Waals surface area contributed by atoms with Crippen molar-refractivity contribution in [3.63, 3.8) is 0 Å². The molecule has 1 aliphatic rings. The molecule has 2 aromatic rings. The molecule has 1 saturated heterocycles. The summed E-state index contributed by atoms with van der Waals surface area (Å²) in [5, 5.41) is 11.3. The number of anilines is 1. The van der Waals surface area contributed by atoms with E-state index in [0.29, 0.717) is 11.7 Å². The Hall–Kier alpha value is -2.47. The second-order valence-corrected chi connectivity index (χ2v) is 6.77. The molecular weight excluding hydrogens is 316 g/mol. The van der Waals surface area contributed by atoms with Crippen LogP contribution in [-0.2, 0) is 6.54 Å². The van der Waals surface area contributed by atoms with Crippen molar-refractivity contribution < 1.29 is 4.92 Å². The predicted octanol–water partition coefficient (Wildman–Crippen LogP) is 3.34. The van der Waals surface area contributed by atoms with Crippen LogP contribution in [0.5, 0.6) is 0 Å². The van der Waals surface area contributed by atoms with Gasteiger partial charge in [0.1, 0.15) is 0 Å². The molecule has 2 heterocycles. The molecule has 2 atom stereocenters. The predicted molar refractivity (Wildman–Crippen MR) is 98.6 cm³/mol. The third-order valence-electron chi connectivity index (χ3n) is 4.99. The lowest BCUT2D eigenvalue weighted by Gasteiger charge is -2.41. The summed E-state index contributed by atoms with van der Waals surface area (Å²) in [4.78, 5) is 19.6. The summed E-state index contributed by atoms with van der Waals surface area (Å²) in [6.07, 6.45) is 2.59. The summed E-state index contributed by atoms with van der Waals surface area (Å²) in [5.41, 5.74) is 1.39. The van der Waals surface area contributed by atoms with E-state index in [0.717, 1.165) is 26.1 Å². The number of rotatable bonds is 5. The van der Waals surface area contributed by atoms with E-state index in [4.69, 9.17) is 0 Å². The van der Waals surface area contributed by atoms with Crippen molar-refractivity contribution in [2.45, 2.75) is 25.9 Å². The minimum Gasteiger partial charge on any atom is -0.351 e. The molecule has 1 aromatic carbocycles. The van der Waals surface area contributed by atoms with Gasteiger partial charge in [-0.15, -0.1) is 0 Å². The number of likely N-dealkylation sites (tertiary alicyclic amines) is 1. The fourth-order valence-corrected chi connectivity index (χ4v) is 3.74. The van der Waals surface area contributed by atoms with Gasteiger partial charge >= 0.3 is 5.69 Å². The number of hydrogen-bond donors (Lipinski definition) is 0. The molecule has 25 heavy (non-hydrogen) atoms. The van der Waals surface area contributed by atoms with Crippen molar-refractivity contribution in [1.29, 1.82) is 0 Å². The van der Waals surface area contributed by atoms with Gasteiger partial charge in [-0.2, -0.15) is 0 Å². The lowest BCUT2D eigenvalue weighted by atomic mass is 9.92. The lowest BCUT2D eigenvalue weighted by Crippen LogP contribution is -2.49. The molecule has 6 nitrogen and oxygen atoms in total. The Morgan fingerprint density at radius 2 is 2.04 bits per heavy atom. The van der Waals surface area contributed by atoms with E-state index in [2.05, 4.69) is 41.1 Å². The summed E-state index contributed by atoms with van der Waals surface area (Å²) in [5.74, 6) is 0.866. The smallest absolute Gasteiger partial charge is 0.311 e. The van der Waals surface area contributed by atoms with E-state index >= 15 is 0 Å². The van der Waals surface area contributed by atoms with E-state index in [9.17, 15) is 10.1 Å². The molecule has 0 aliphatic carbocycles. The summed E-state index contributed by atoms with van der Waals surface area (Å²) in [7, 11) is 1.92. The van der Waals surface area contributed by atoms with Gasteiger partial charge in [0.2, 0.25) is 5.82 Å². The lowest BCUT2D eigenvalue weighted by molar-refractivity contribution is -0.384. The number of hydrogen-bond acceptors (Lipinski definition) is 5. The number of benzene rings is 1. The summed E-state index contributed by atoms with van der Waals surface area (Å²) < 4.78 is 0. The topological polar surface area (TPSA) is 62.5 Å². The maximum atomic E-state index is 11.3. The second kappa shape index (κ2) is 7.61. The maximum Gasteiger partial charge on any atom is 0.311 e. The Morgan fingerprint density at radius 1 is 1.28 bits per heavy atom. The van der Waals surface area contributed by atoms with Gasteiger partial charge in [-0.25, -0.2) is 4.98 Å². The molecule has 1 aliphatic heterocycles. The number of aromatic nitrogens is 1. The fourth-order valence-electron chi connectivity index (χ4n) is 3.74. The Kier molecular flexibility index (Phi) is 5.28. The minimum absolute atomic E-state index is 0.0731. The quantitative estimate of drug-likeness (QED) is 0.617.